The van der Waals surface area contributed by atoms with Gasteiger partial charge in [-0.05, 0) is 37.1 Å². The van der Waals surface area contributed by atoms with Crippen LogP contribution in [0, 0.1) is 11.6 Å². The number of urea groups is 1. The van der Waals surface area contributed by atoms with Crippen LogP contribution < -0.4 is 10.6 Å². The van der Waals surface area contributed by atoms with Crippen molar-refractivity contribution in [3.05, 3.63) is 71.3 Å². The molecule has 33 heavy (non-hydrogen) atoms. The maximum absolute atomic E-state index is 14.2. The van der Waals surface area contributed by atoms with E-state index < -0.39 is 29.4 Å². The molecule has 2 aromatic carbocycles. The van der Waals surface area contributed by atoms with E-state index in [-0.39, 0.29) is 19.1 Å². The average Bonchev–Trinajstić information content (AvgIpc) is 3.59. The number of hydrogen-bond acceptors (Lipinski definition) is 4. The second-order valence-electron chi connectivity index (χ2n) is 8.74. The maximum Gasteiger partial charge on any atom is 0.411 e. The summed E-state index contributed by atoms with van der Waals surface area (Å²) in [7, 11) is 0. The van der Waals surface area contributed by atoms with E-state index in [4.69, 9.17) is 4.74 Å². The number of ether oxygens (including phenoxy) is 1. The minimum Gasteiger partial charge on any atom is -0.431 e. The van der Waals surface area contributed by atoms with E-state index in [2.05, 4.69) is 10.6 Å². The van der Waals surface area contributed by atoms with Gasteiger partial charge in [-0.25, -0.2) is 18.4 Å². The molecule has 3 amide bonds. The van der Waals surface area contributed by atoms with E-state index in [1.54, 1.807) is 21.9 Å². The number of carbonyl (C=O) groups excluding carboxylic acids is 2. The van der Waals surface area contributed by atoms with E-state index in [0.29, 0.717) is 36.8 Å². The molecule has 0 spiro atoms. The summed E-state index contributed by atoms with van der Waals surface area (Å²) < 4.78 is 34.4. The summed E-state index contributed by atoms with van der Waals surface area (Å²) in [5.41, 5.74) is -0.664. The van der Waals surface area contributed by atoms with Crippen LogP contribution in [0.5, 0.6) is 0 Å². The first kappa shape index (κ1) is 21.6. The van der Waals surface area contributed by atoms with Crippen LogP contribution in [0.1, 0.15) is 24.0 Å². The maximum atomic E-state index is 14.2. The Morgan fingerprint density at radius 3 is 2.30 bits per heavy atom. The normalized spacial score (nSPS) is 21.5. The number of fused-ring (bicyclic) bond motifs is 1. The largest absolute Gasteiger partial charge is 0.431 e. The van der Waals surface area contributed by atoms with Crippen molar-refractivity contribution >= 4 is 12.1 Å². The van der Waals surface area contributed by atoms with Crippen LogP contribution in [0.15, 0.2) is 48.5 Å². The molecule has 1 atom stereocenters. The summed E-state index contributed by atoms with van der Waals surface area (Å²) in [6, 6.07) is 11.3. The standard InChI is InChI=1S/C24H26F2N4O3/c25-18-5-1-3-16(13-18)24(17-4-2-6-19(26)14-17)21-15-29(11-12-30(21)23(32)33-24)22(31)28-10-9-27-20-7-8-20/h1-6,13-14,20-21,27H,7-12,15H2,(H,28,31). The Morgan fingerprint density at radius 2 is 1.70 bits per heavy atom. The Morgan fingerprint density at radius 1 is 1.03 bits per heavy atom. The lowest BCUT2D eigenvalue weighted by Gasteiger charge is -2.42. The van der Waals surface area contributed by atoms with Crippen LogP contribution >= 0.6 is 0 Å². The number of nitrogens with zero attached hydrogens (tertiary/aromatic N) is 2. The van der Waals surface area contributed by atoms with Crippen LogP contribution in [-0.4, -0.2) is 66.7 Å². The Balaban J connectivity index is 1.44. The number of halogens is 2. The molecule has 0 aromatic heterocycles. The number of rotatable bonds is 6. The van der Waals surface area contributed by atoms with Crippen LogP contribution in [0.2, 0.25) is 0 Å². The molecule has 2 aliphatic heterocycles. The van der Waals surface area contributed by atoms with Crippen molar-refractivity contribution < 1.29 is 23.1 Å². The minimum atomic E-state index is -1.45. The Bertz CT molecular complexity index is 1020. The molecule has 5 rings (SSSR count). The molecule has 1 saturated carbocycles. The molecule has 2 N–H and O–H groups in total. The first-order valence-electron chi connectivity index (χ1n) is 11.3. The highest BCUT2D eigenvalue weighted by atomic mass is 19.1. The number of amides is 3. The highest BCUT2D eigenvalue weighted by Gasteiger charge is 2.58. The smallest absolute Gasteiger partial charge is 0.411 e. The fourth-order valence-corrected chi connectivity index (χ4v) is 4.75. The topological polar surface area (TPSA) is 73.9 Å². The molecule has 0 bridgehead atoms. The lowest BCUT2D eigenvalue weighted by molar-refractivity contribution is 0.0507. The van der Waals surface area contributed by atoms with Crippen molar-refractivity contribution in [3.63, 3.8) is 0 Å². The van der Waals surface area contributed by atoms with Crippen molar-refractivity contribution in [2.45, 2.75) is 30.5 Å². The summed E-state index contributed by atoms with van der Waals surface area (Å²) in [6.45, 7) is 1.96. The molecule has 9 heteroatoms. The van der Waals surface area contributed by atoms with Crippen LogP contribution in [0.4, 0.5) is 18.4 Å². The summed E-state index contributed by atoms with van der Waals surface area (Å²) in [5.74, 6) is -0.988. The lowest BCUT2D eigenvalue weighted by Crippen LogP contribution is -2.60. The van der Waals surface area contributed by atoms with Crippen molar-refractivity contribution in [1.29, 1.82) is 0 Å². The van der Waals surface area contributed by atoms with E-state index in [1.165, 1.54) is 49.2 Å². The molecule has 3 aliphatic rings. The van der Waals surface area contributed by atoms with Gasteiger partial charge in [-0.2, -0.15) is 0 Å². The van der Waals surface area contributed by atoms with E-state index in [9.17, 15) is 18.4 Å². The number of piperazine rings is 1. The van der Waals surface area contributed by atoms with Gasteiger partial charge in [-0.3, -0.25) is 4.90 Å². The summed E-state index contributed by atoms with van der Waals surface area (Å²) in [5, 5.41) is 6.26. The zero-order chi connectivity index (χ0) is 23.0. The van der Waals surface area contributed by atoms with Gasteiger partial charge in [0.05, 0.1) is 0 Å². The van der Waals surface area contributed by atoms with E-state index in [0.717, 1.165) is 0 Å². The SMILES string of the molecule is O=C(NCCNC1CC1)N1CCN2C(=O)OC(c3cccc(F)c3)(c3cccc(F)c3)C2C1. The summed E-state index contributed by atoms with van der Waals surface area (Å²) >= 11 is 0. The fraction of sp³-hybridized carbons (Fsp3) is 0.417. The van der Waals surface area contributed by atoms with Gasteiger partial charge in [0, 0.05) is 49.9 Å². The highest BCUT2D eigenvalue weighted by Crippen LogP contribution is 2.46. The van der Waals surface area contributed by atoms with E-state index >= 15 is 0 Å². The zero-order valence-corrected chi connectivity index (χ0v) is 18.1. The molecule has 0 radical (unpaired) electrons. The molecular formula is C24H26F2N4O3. The van der Waals surface area contributed by atoms with Gasteiger partial charge in [0.15, 0.2) is 5.60 Å². The molecular weight excluding hydrogens is 430 g/mol. The van der Waals surface area contributed by atoms with Gasteiger partial charge in [-0.15, -0.1) is 0 Å². The number of hydrogen-bond donors (Lipinski definition) is 2. The first-order chi connectivity index (χ1) is 16.0. The molecule has 7 nitrogen and oxygen atoms in total. The monoisotopic (exact) mass is 456 g/mol. The fourth-order valence-electron chi connectivity index (χ4n) is 4.75. The third-order valence-electron chi connectivity index (χ3n) is 6.54. The van der Waals surface area contributed by atoms with Crippen molar-refractivity contribution in [3.8, 4) is 0 Å². The van der Waals surface area contributed by atoms with Gasteiger partial charge in [0.1, 0.15) is 17.7 Å². The highest BCUT2D eigenvalue weighted by molar-refractivity contribution is 5.77. The molecule has 3 fully saturated rings. The predicted molar refractivity (Wildman–Crippen MR) is 117 cm³/mol. The number of benzene rings is 2. The van der Waals surface area contributed by atoms with Crippen molar-refractivity contribution in [2.24, 2.45) is 0 Å². The first-order valence-corrected chi connectivity index (χ1v) is 11.3. The van der Waals surface area contributed by atoms with Crippen LogP contribution in [0.25, 0.3) is 0 Å². The number of nitrogens with one attached hydrogen (secondary N) is 2. The molecule has 2 aromatic rings. The minimum absolute atomic E-state index is 0.167. The quantitative estimate of drug-likeness (QED) is 0.656. The van der Waals surface area contributed by atoms with Gasteiger partial charge in [0.25, 0.3) is 0 Å². The average molecular weight is 456 g/mol. The number of cyclic esters (lactones) is 1. The molecule has 2 heterocycles. The molecule has 1 aliphatic carbocycles. The Labute approximate surface area is 190 Å². The van der Waals surface area contributed by atoms with Gasteiger partial charge in [-0.1, -0.05) is 24.3 Å². The van der Waals surface area contributed by atoms with Crippen molar-refractivity contribution in [2.75, 3.05) is 32.7 Å². The molecule has 1 unspecified atom stereocenters. The number of carbonyl (C=O) groups is 2. The second-order valence-corrected chi connectivity index (χ2v) is 8.74. The van der Waals surface area contributed by atoms with Crippen LogP contribution in [0.3, 0.4) is 0 Å². The van der Waals surface area contributed by atoms with E-state index in [1.807, 2.05) is 0 Å². The lowest BCUT2D eigenvalue weighted by atomic mass is 9.79. The summed E-state index contributed by atoms with van der Waals surface area (Å²) in [4.78, 5) is 28.9. The molecule has 2 saturated heterocycles. The Hall–Kier alpha value is -3.20. The van der Waals surface area contributed by atoms with Gasteiger partial charge < -0.3 is 20.3 Å². The second kappa shape index (κ2) is 8.62. The van der Waals surface area contributed by atoms with Crippen LogP contribution in [-0.2, 0) is 10.3 Å². The third kappa shape index (κ3) is 4.13. The third-order valence-corrected chi connectivity index (χ3v) is 6.54. The van der Waals surface area contributed by atoms with Crippen molar-refractivity contribution in [1.82, 2.24) is 20.4 Å². The van der Waals surface area contributed by atoms with Gasteiger partial charge >= 0.3 is 12.1 Å². The molecule has 174 valence electrons. The van der Waals surface area contributed by atoms with Gasteiger partial charge in [0.2, 0.25) is 0 Å². The zero-order valence-electron chi connectivity index (χ0n) is 18.1. The summed E-state index contributed by atoms with van der Waals surface area (Å²) in [6.07, 6.45) is 1.78. The predicted octanol–water partition coefficient (Wildman–Crippen LogP) is 2.81. The Kier molecular flexibility index (Phi) is 5.65.